The number of thiophene rings is 1. The molecule has 2 aromatic heterocycles. The molecule has 5 nitrogen and oxygen atoms in total. The lowest BCUT2D eigenvalue weighted by atomic mass is 10.1. The van der Waals surface area contributed by atoms with E-state index in [1.54, 1.807) is 11.3 Å². The van der Waals surface area contributed by atoms with Crippen molar-refractivity contribution in [1.29, 1.82) is 0 Å². The van der Waals surface area contributed by atoms with Gasteiger partial charge in [0.1, 0.15) is 0 Å². The van der Waals surface area contributed by atoms with Crippen molar-refractivity contribution in [2.24, 2.45) is 0 Å². The van der Waals surface area contributed by atoms with Crippen LogP contribution in [0, 0.1) is 0 Å². The number of carbonyl (C=O) groups is 1. The van der Waals surface area contributed by atoms with Crippen LogP contribution in [-0.2, 0) is 17.8 Å². The number of nitrogens with zero attached hydrogens (tertiary/aromatic N) is 4. The summed E-state index contributed by atoms with van der Waals surface area (Å²) < 4.78 is 2.08. The Kier molecular flexibility index (Phi) is 5.06. The molecule has 3 heterocycles. The van der Waals surface area contributed by atoms with Gasteiger partial charge in [-0.25, -0.2) is 0 Å². The number of benzene rings is 1. The van der Waals surface area contributed by atoms with Crippen LogP contribution in [0.5, 0.6) is 0 Å². The van der Waals surface area contributed by atoms with Crippen LogP contribution in [0.15, 0.2) is 46.9 Å². The highest BCUT2D eigenvalue weighted by Crippen LogP contribution is 2.35. The van der Waals surface area contributed by atoms with Crippen LogP contribution in [0.3, 0.4) is 0 Å². The molecule has 2 unspecified atom stereocenters. The van der Waals surface area contributed by atoms with E-state index in [1.165, 1.54) is 17.3 Å². The number of hydrogen-bond donors (Lipinski definition) is 0. The van der Waals surface area contributed by atoms with E-state index < -0.39 is 0 Å². The van der Waals surface area contributed by atoms with Gasteiger partial charge < -0.3 is 9.47 Å². The number of thioether (sulfide) groups is 1. The van der Waals surface area contributed by atoms with E-state index in [2.05, 4.69) is 34.7 Å². The molecule has 4 rings (SSSR count). The first kappa shape index (κ1) is 18.3. The first-order valence-electron chi connectivity index (χ1n) is 9.14. The monoisotopic (exact) mass is 398 g/mol. The Morgan fingerprint density at radius 1 is 1.30 bits per heavy atom. The maximum Gasteiger partial charge on any atom is 0.240 e. The van der Waals surface area contributed by atoms with Crippen molar-refractivity contribution in [2.75, 3.05) is 4.90 Å². The van der Waals surface area contributed by atoms with Crippen molar-refractivity contribution < 1.29 is 4.79 Å². The van der Waals surface area contributed by atoms with Gasteiger partial charge in [0.05, 0.1) is 10.1 Å². The van der Waals surface area contributed by atoms with Crippen LogP contribution in [0.1, 0.15) is 26.3 Å². The zero-order valence-corrected chi connectivity index (χ0v) is 17.3. The van der Waals surface area contributed by atoms with Crippen molar-refractivity contribution in [3.05, 3.63) is 47.3 Å². The largest absolute Gasteiger partial charge is 0.308 e. The third-order valence-corrected chi connectivity index (χ3v) is 6.78. The van der Waals surface area contributed by atoms with Crippen LogP contribution in [0.25, 0.3) is 10.7 Å². The van der Waals surface area contributed by atoms with Crippen molar-refractivity contribution in [3.8, 4) is 10.7 Å². The molecule has 1 amide bonds. The van der Waals surface area contributed by atoms with Crippen LogP contribution >= 0.6 is 23.1 Å². The van der Waals surface area contributed by atoms with Crippen LogP contribution in [-0.4, -0.2) is 32.0 Å². The third-order valence-electron chi connectivity index (χ3n) is 4.85. The molecule has 1 aliphatic rings. The van der Waals surface area contributed by atoms with Gasteiger partial charge in [-0.1, -0.05) is 36.0 Å². The van der Waals surface area contributed by atoms with Crippen molar-refractivity contribution in [3.63, 3.8) is 0 Å². The molecule has 0 saturated carbocycles. The minimum Gasteiger partial charge on any atom is -0.308 e. The molecule has 2 atom stereocenters. The van der Waals surface area contributed by atoms with E-state index in [4.69, 9.17) is 0 Å². The Morgan fingerprint density at radius 2 is 2.11 bits per heavy atom. The zero-order valence-electron chi connectivity index (χ0n) is 15.6. The normalized spacial score (nSPS) is 17.1. The summed E-state index contributed by atoms with van der Waals surface area (Å²) in [6.45, 7) is 6.92. The molecule has 0 radical (unpaired) electrons. The molecule has 0 aliphatic carbocycles. The van der Waals surface area contributed by atoms with Crippen molar-refractivity contribution >= 4 is 34.7 Å². The van der Waals surface area contributed by atoms with Gasteiger partial charge in [-0.05, 0) is 50.3 Å². The highest BCUT2D eigenvalue weighted by Gasteiger charge is 2.34. The molecule has 0 spiro atoms. The number of para-hydroxylation sites is 1. The van der Waals surface area contributed by atoms with E-state index in [1.807, 2.05) is 47.5 Å². The van der Waals surface area contributed by atoms with Gasteiger partial charge in [0.15, 0.2) is 11.0 Å². The van der Waals surface area contributed by atoms with Gasteiger partial charge in [-0.2, -0.15) is 0 Å². The van der Waals surface area contributed by atoms with Crippen LogP contribution in [0.2, 0.25) is 0 Å². The molecule has 3 aromatic rings. The molecule has 0 N–H and O–H groups in total. The molecule has 0 bridgehead atoms. The fourth-order valence-electron chi connectivity index (χ4n) is 3.55. The first-order valence-corrected chi connectivity index (χ1v) is 10.9. The molecule has 0 fully saturated rings. The summed E-state index contributed by atoms with van der Waals surface area (Å²) in [5, 5.41) is 11.3. The lowest BCUT2D eigenvalue weighted by Gasteiger charge is -2.25. The Balaban J connectivity index is 1.56. The van der Waals surface area contributed by atoms with Gasteiger partial charge in [0, 0.05) is 18.3 Å². The lowest BCUT2D eigenvalue weighted by molar-refractivity contribution is -0.118. The lowest BCUT2D eigenvalue weighted by Crippen LogP contribution is -2.40. The summed E-state index contributed by atoms with van der Waals surface area (Å²) in [4.78, 5) is 16.2. The van der Waals surface area contributed by atoms with Crippen LogP contribution in [0.4, 0.5) is 5.69 Å². The van der Waals surface area contributed by atoms with Crippen molar-refractivity contribution in [2.45, 2.75) is 50.2 Å². The number of amides is 1. The summed E-state index contributed by atoms with van der Waals surface area (Å²) in [6, 6.07) is 12.4. The Bertz CT molecular complexity index is 951. The topological polar surface area (TPSA) is 51.0 Å². The SMILES string of the molecule is CCn1c(SC(C)C(=O)N2c3ccccc3CC2C)nnc1-c1cccs1. The molecule has 1 aromatic carbocycles. The highest BCUT2D eigenvalue weighted by molar-refractivity contribution is 8.00. The third kappa shape index (κ3) is 3.30. The van der Waals surface area contributed by atoms with E-state index in [-0.39, 0.29) is 17.2 Å². The first-order chi connectivity index (χ1) is 13.1. The van der Waals surface area contributed by atoms with Gasteiger partial charge in [0.25, 0.3) is 0 Å². The molecule has 27 heavy (non-hydrogen) atoms. The number of rotatable bonds is 5. The van der Waals surface area contributed by atoms with Gasteiger partial charge in [-0.15, -0.1) is 21.5 Å². The Morgan fingerprint density at radius 3 is 2.85 bits per heavy atom. The summed E-state index contributed by atoms with van der Waals surface area (Å²) >= 11 is 3.14. The zero-order chi connectivity index (χ0) is 19.0. The van der Waals surface area contributed by atoms with E-state index in [0.29, 0.717) is 0 Å². The number of anilines is 1. The molecule has 0 saturated heterocycles. The number of hydrogen-bond acceptors (Lipinski definition) is 5. The van der Waals surface area contributed by atoms with Gasteiger partial charge >= 0.3 is 0 Å². The average molecular weight is 399 g/mol. The van der Waals surface area contributed by atoms with E-state index in [0.717, 1.165) is 34.5 Å². The summed E-state index contributed by atoms with van der Waals surface area (Å²) in [7, 11) is 0. The van der Waals surface area contributed by atoms with Crippen molar-refractivity contribution in [1.82, 2.24) is 14.8 Å². The fraction of sp³-hybridized carbons (Fsp3) is 0.350. The molecule has 140 valence electrons. The maximum absolute atomic E-state index is 13.2. The Hall–Kier alpha value is -2.12. The molecule has 7 heteroatoms. The molecular weight excluding hydrogens is 376 g/mol. The quantitative estimate of drug-likeness (QED) is 0.595. The van der Waals surface area contributed by atoms with Gasteiger partial charge in [0.2, 0.25) is 5.91 Å². The molecule has 1 aliphatic heterocycles. The summed E-state index contributed by atoms with van der Waals surface area (Å²) in [6.07, 6.45) is 0.910. The Labute approximate surface area is 167 Å². The average Bonchev–Trinajstić information content (AvgIpc) is 3.38. The second-order valence-corrected chi connectivity index (χ2v) is 8.93. The highest BCUT2D eigenvalue weighted by atomic mass is 32.2. The van der Waals surface area contributed by atoms with E-state index >= 15 is 0 Å². The predicted molar refractivity (Wildman–Crippen MR) is 111 cm³/mol. The number of aromatic nitrogens is 3. The predicted octanol–water partition coefficient (Wildman–Crippen LogP) is 4.48. The fourth-order valence-corrected chi connectivity index (χ4v) is 5.23. The van der Waals surface area contributed by atoms with Gasteiger partial charge in [-0.3, -0.25) is 4.79 Å². The van der Waals surface area contributed by atoms with Crippen LogP contribution < -0.4 is 4.90 Å². The molecular formula is C20H22N4OS2. The summed E-state index contributed by atoms with van der Waals surface area (Å²) in [5.74, 6) is 0.996. The number of fused-ring (bicyclic) bond motifs is 1. The number of carbonyl (C=O) groups excluding carboxylic acids is 1. The second kappa shape index (κ2) is 7.48. The summed E-state index contributed by atoms with van der Waals surface area (Å²) in [5.41, 5.74) is 2.28. The van der Waals surface area contributed by atoms with E-state index in [9.17, 15) is 4.79 Å². The smallest absolute Gasteiger partial charge is 0.240 e. The minimum atomic E-state index is -0.232. The maximum atomic E-state index is 13.2. The second-order valence-electron chi connectivity index (χ2n) is 6.68. The minimum absolute atomic E-state index is 0.126. The standard InChI is InChI=1S/C20H22N4OS2/c1-4-23-18(17-10-7-11-26-17)21-22-20(23)27-14(3)19(25)24-13(2)12-15-8-5-6-9-16(15)24/h5-11,13-14H,4,12H2,1-3H3.